The Hall–Kier alpha value is -2.86. The number of rotatable bonds is 6. The highest BCUT2D eigenvalue weighted by atomic mass is 79.9. The predicted octanol–water partition coefficient (Wildman–Crippen LogP) is 5.16. The first-order chi connectivity index (χ1) is 13.4. The van der Waals surface area contributed by atoms with Crippen LogP contribution in [0, 0.1) is 20.8 Å². The van der Waals surface area contributed by atoms with Gasteiger partial charge >= 0.3 is 0 Å². The molecular formula is C22H21BrN2O3. The fourth-order valence-electron chi connectivity index (χ4n) is 2.68. The van der Waals surface area contributed by atoms with E-state index < -0.39 is 0 Å². The smallest absolute Gasteiger partial charge is 0.277 e. The van der Waals surface area contributed by atoms with Gasteiger partial charge in [0.1, 0.15) is 17.3 Å². The molecule has 1 amide bonds. The molecule has 0 radical (unpaired) electrons. The van der Waals surface area contributed by atoms with Crippen molar-refractivity contribution in [3.8, 4) is 17.1 Å². The minimum atomic E-state index is -0.337. The molecule has 0 atom stereocenters. The van der Waals surface area contributed by atoms with E-state index in [0.717, 1.165) is 38.2 Å². The number of hydrazone groups is 1. The first kappa shape index (κ1) is 19.9. The highest BCUT2D eigenvalue weighted by Crippen LogP contribution is 2.25. The van der Waals surface area contributed by atoms with E-state index in [2.05, 4.69) is 26.5 Å². The summed E-state index contributed by atoms with van der Waals surface area (Å²) in [6, 6.07) is 15.5. The Morgan fingerprint density at radius 1 is 1.07 bits per heavy atom. The Bertz CT molecular complexity index is 1010. The summed E-state index contributed by atoms with van der Waals surface area (Å²) in [6.45, 7) is 5.84. The average molecular weight is 441 g/mol. The fourth-order valence-corrected chi connectivity index (χ4v) is 2.94. The number of benzene rings is 2. The van der Waals surface area contributed by atoms with Crippen molar-refractivity contribution in [2.45, 2.75) is 20.8 Å². The Balaban J connectivity index is 1.54. The summed E-state index contributed by atoms with van der Waals surface area (Å²) < 4.78 is 12.4. The number of hydrogen-bond acceptors (Lipinski definition) is 4. The van der Waals surface area contributed by atoms with Crippen molar-refractivity contribution in [1.29, 1.82) is 0 Å². The van der Waals surface area contributed by atoms with Gasteiger partial charge in [-0.15, -0.1) is 0 Å². The first-order valence-corrected chi connectivity index (χ1v) is 9.60. The third-order valence-corrected chi connectivity index (χ3v) is 4.89. The molecule has 0 aliphatic carbocycles. The van der Waals surface area contributed by atoms with Crippen molar-refractivity contribution >= 4 is 28.1 Å². The summed E-state index contributed by atoms with van der Waals surface area (Å²) in [5.74, 6) is 1.68. The Kier molecular flexibility index (Phi) is 6.31. The van der Waals surface area contributed by atoms with Crippen LogP contribution in [0.3, 0.4) is 0 Å². The molecule has 0 bridgehead atoms. The second kappa shape index (κ2) is 8.89. The number of amides is 1. The Labute approximate surface area is 172 Å². The minimum Gasteiger partial charge on any atom is -0.483 e. The molecule has 1 heterocycles. The second-order valence-electron chi connectivity index (χ2n) is 6.44. The van der Waals surface area contributed by atoms with Gasteiger partial charge < -0.3 is 9.15 Å². The van der Waals surface area contributed by atoms with Crippen LogP contribution >= 0.6 is 15.9 Å². The fraction of sp³-hybridized carbons (Fsp3) is 0.182. The number of halogens is 1. The molecule has 0 spiro atoms. The molecule has 0 saturated carbocycles. The van der Waals surface area contributed by atoms with Gasteiger partial charge in [-0.3, -0.25) is 4.79 Å². The summed E-state index contributed by atoms with van der Waals surface area (Å²) in [5, 5.41) is 3.93. The maximum atomic E-state index is 12.0. The van der Waals surface area contributed by atoms with Crippen LogP contribution in [0.25, 0.3) is 11.3 Å². The van der Waals surface area contributed by atoms with E-state index in [1.165, 1.54) is 6.21 Å². The molecule has 0 unspecified atom stereocenters. The van der Waals surface area contributed by atoms with E-state index in [9.17, 15) is 4.79 Å². The Morgan fingerprint density at radius 3 is 2.54 bits per heavy atom. The van der Waals surface area contributed by atoms with Gasteiger partial charge in [0.05, 0.1) is 6.21 Å². The molecule has 5 nitrogen and oxygen atoms in total. The van der Waals surface area contributed by atoms with E-state index in [1.54, 1.807) is 6.07 Å². The normalized spacial score (nSPS) is 11.0. The predicted molar refractivity (Wildman–Crippen MR) is 114 cm³/mol. The monoisotopic (exact) mass is 440 g/mol. The molecular weight excluding hydrogens is 420 g/mol. The molecule has 0 saturated heterocycles. The SMILES string of the molecule is Cc1ccc(C)c(OCC(=O)N/N=C\c2ccc(-c3ccc(Br)cc3)o2)c1C. The van der Waals surface area contributed by atoms with Gasteiger partial charge in [-0.25, -0.2) is 5.43 Å². The summed E-state index contributed by atoms with van der Waals surface area (Å²) in [4.78, 5) is 12.0. The maximum Gasteiger partial charge on any atom is 0.277 e. The van der Waals surface area contributed by atoms with E-state index >= 15 is 0 Å². The van der Waals surface area contributed by atoms with Crippen molar-refractivity contribution in [3.05, 3.63) is 75.5 Å². The summed E-state index contributed by atoms with van der Waals surface area (Å²) >= 11 is 3.41. The van der Waals surface area contributed by atoms with E-state index in [1.807, 2.05) is 63.2 Å². The highest BCUT2D eigenvalue weighted by molar-refractivity contribution is 9.10. The van der Waals surface area contributed by atoms with Gasteiger partial charge in [0, 0.05) is 10.0 Å². The van der Waals surface area contributed by atoms with Crippen LogP contribution in [-0.2, 0) is 4.79 Å². The van der Waals surface area contributed by atoms with Crippen LogP contribution in [0.5, 0.6) is 5.75 Å². The molecule has 0 aliphatic heterocycles. The second-order valence-corrected chi connectivity index (χ2v) is 7.36. The van der Waals surface area contributed by atoms with Crippen LogP contribution in [0.15, 0.2) is 62.5 Å². The van der Waals surface area contributed by atoms with Crippen LogP contribution in [0.1, 0.15) is 22.5 Å². The number of ether oxygens (including phenoxy) is 1. The topological polar surface area (TPSA) is 63.8 Å². The number of hydrogen-bond donors (Lipinski definition) is 1. The molecule has 144 valence electrons. The van der Waals surface area contributed by atoms with Gasteiger partial charge in [0.2, 0.25) is 0 Å². The van der Waals surface area contributed by atoms with Crippen molar-refractivity contribution in [3.63, 3.8) is 0 Å². The van der Waals surface area contributed by atoms with Crippen LogP contribution < -0.4 is 10.2 Å². The van der Waals surface area contributed by atoms with Crippen molar-refractivity contribution in [2.75, 3.05) is 6.61 Å². The highest BCUT2D eigenvalue weighted by Gasteiger charge is 2.09. The van der Waals surface area contributed by atoms with Gasteiger partial charge in [-0.2, -0.15) is 5.10 Å². The van der Waals surface area contributed by atoms with E-state index in [4.69, 9.17) is 9.15 Å². The number of furan rings is 1. The van der Waals surface area contributed by atoms with Crippen LogP contribution in [0.4, 0.5) is 0 Å². The average Bonchev–Trinajstić information content (AvgIpc) is 3.14. The maximum absolute atomic E-state index is 12.0. The molecule has 1 aromatic heterocycles. The number of carbonyl (C=O) groups excluding carboxylic acids is 1. The zero-order chi connectivity index (χ0) is 20.1. The molecule has 0 aliphatic rings. The van der Waals surface area contributed by atoms with Gasteiger partial charge in [0.25, 0.3) is 5.91 Å². The lowest BCUT2D eigenvalue weighted by molar-refractivity contribution is -0.123. The summed E-state index contributed by atoms with van der Waals surface area (Å²) in [5.41, 5.74) is 6.57. The molecule has 0 fully saturated rings. The number of nitrogens with one attached hydrogen (secondary N) is 1. The molecule has 1 N–H and O–H groups in total. The van der Waals surface area contributed by atoms with Gasteiger partial charge in [-0.05, 0) is 61.7 Å². The van der Waals surface area contributed by atoms with E-state index in [0.29, 0.717) is 5.76 Å². The van der Waals surface area contributed by atoms with Crippen molar-refractivity contribution < 1.29 is 13.9 Å². The standard InChI is InChI=1S/C22H21BrN2O3/c1-14-4-5-15(2)22(16(14)3)27-13-21(26)25-24-12-19-10-11-20(28-19)17-6-8-18(23)9-7-17/h4-12H,13H2,1-3H3,(H,25,26)/b24-12-. The first-order valence-electron chi connectivity index (χ1n) is 8.81. The van der Waals surface area contributed by atoms with Gasteiger partial charge in [0.15, 0.2) is 6.61 Å². The van der Waals surface area contributed by atoms with Crippen LogP contribution in [-0.4, -0.2) is 18.7 Å². The van der Waals surface area contributed by atoms with E-state index in [-0.39, 0.29) is 12.5 Å². The number of carbonyl (C=O) groups is 1. The van der Waals surface area contributed by atoms with Crippen molar-refractivity contribution in [1.82, 2.24) is 5.43 Å². The molecule has 6 heteroatoms. The molecule has 3 aromatic rings. The Morgan fingerprint density at radius 2 is 1.79 bits per heavy atom. The lowest BCUT2D eigenvalue weighted by Gasteiger charge is -2.13. The number of aryl methyl sites for hydroxylation is 2. The lowest BCUT2D eigenvalue weighted by atomic mass is 10.1. The zero-order valence-corrected chi connectivity index (χ0v) is 17.5. The summed E-state index contributed by atoms with van der Waals surface area (Å²) in [6.07, 6.45) is 1.46. The number of nitrogens with zero attached hydrogens (tertiary/aromatic N) is 1. The molecule has 28 heavy (non-hydrogen) atoms. The third kappa shape index (κ3) is 4.89. The lowest BCUT2D eigenvalue weighted by Crippen LogP contribution is -2.25. The quantitative estimate of drug-likeness (QED) is 0.425. The zero-order valence-electron chi connectivity index (χ0n) is 16.0. The van der Waals surface area contributed by atoms with Crippen molar-refractivity contribution in [2.24, 2.45) is 5.10 Å². The third-order valence-electron chi connectivity index (χ3n) is 4.36. The molecule has 3 rings (SSSR count). The molecule has 2 aromatic carbocycles. The minimum absolute atomic E-state index is 0.106. The largest absolute Gasteiger partial charge is 0.483 e. The van der Waals surface area contributed by atoms with Crippen LogP contribution in [0.2, 0.25) is 0 Å². The van der Waals surface area contributed by atoms with Gasteiger partial charge in [-0.1, -0.05) is 40.2 Å². The summed E-state index contributed by atoms with van der Waals surface area (Å²) in [7, 11) is 0.